The second kappa shape index (κ2) is 11.6. The highest BCUT2D eigenvalue weighted by Gasteiger charge is 2.30. The maximum Gasteiger partial charge on any atom is 0.416 e. The van der Waals surface area contributed by atoms with Crippen LogP contribution in [0.1, 0.15) is 36.1 Å². The lowest BCUT2D eigenvalue weighted by molar-refractivity contribution is -0.137. The van der Waals surface area contributed by atoms with Crippen LogP contribution in [0, 0.1) is 0 Å². The zero-order valence-corrected chi connectivity index (χ0v) is 21.0. The quantitative estimate of drug-likeness (QED) is 0.246. The highest BCUT2D eigenvalue weighted by atomic mass is 19.4. The second-order valence-electron chi connectivity index (χ2n) is 9.27. The first-order valence-corrected chi connectivity index (χ1v) is 12.3. The number of benzene rings is 3. The van der Waals surface area contributed by atoms with Gasteiger partial charge in [0.05, 0.1) is 17.8 Å². The maximum absolute atomic E-state index is 13.1. The number of anilines is 2. The molecule has 0 aliphatic carbocycles. The summed E-state index contributed by atoms with van der Waals surface area (Å²) in [6.07, 6.45) is 0.0568. The number of ether oxygens (including phenoxy) is 1. The normalized spacial score (nSPS) is 15.8. The Kier molecular flexibility index (Phi) is 8.22. The molecule has 8 heteroatoms. The zero-order valence-electron chi connectivity index (χ0n) is 21.0. The van der Waals surface area contributed by atoms with Crippen molar-refractivity contribution in [2.75, 3.05) is 17.2 Å². The number of nitrogens with one attached hydrogen (secondary N) is 2. The van der Waals surface area contributed by atoms with Crippen LogP contribution in [0.5, 0.6) is 5.75 Å². The number of allylic oxidation sites excluding steroid dienone is 2. The van der Waals surface area contributed by atoms with Crippen LogP contribution >= 0.6 is 0 Å². The summed E-state index contributed by atoms with van der Waals surface area (Å²) in [7, 11) is 0. The summed E-state index contributed by atoms with van der Waals surface area (Å²) >= 11 is 0. The van der Waals surface area contributed by atoms with Crippen molar-refractivity contribution in [3.8, 4) is 5.75 Å². The third-order valence-corrected chi connectivity index (χ3v) is 5.97. The zero-order chi connectivity index (χ0) is 27.3. The fourth-order valence-corrected chi connectivity index (χ4v) is 4.21. The minimum atomic E-state index is -4.43. The van der Waals surface area contributed by atoms with Crippen LogP contribution in [0.25, 0.3) is 5.57 Å². The van der Waals surface area contributed by atoms with E-state index in [1.807, 2.05) is 38.1 Å². The average Bonchev–Trinajstić information content (AvgIpc) is 2.87. The molecule has 3 N–H and O–H groups in total. The van der Waals surface area contributed by atoms with E-state index in [1.54, 1.807) is 30.4 Å². The molecule has 0 radical (unpaired) electrons. The number of alkyl halides is 3. The Morgan fingerprint density at radius 2 is 1.71 bits per heavy atom. The van der Waals surface area contributed by atoms with Gasteiger partial charge in [-0.2, -0.15) is 13.2 Å². The lowest BCUT2D eigenvalue weighted by Crippen LogP contribution is -2.28. The molecule has 198 valence electrons. The van der Waals surface area contributed by atoms with Gasteiger partial charge in [-0.15, -0.1) is 0 Å². The summed E-state index contributed by atoms with van der Waals surface area (Å²) < 4.78 is 45.0. The van der Waals surface area contributed by atoms with Gasteiger partial charge in [0.25, 0.3) is 0 Å². The van der Waals surface area contributed by atoms with Crippen molar-refractivity contribution < 1.29 is 27.8 Å². The summed E-state index contributed by atoms with van der Waals surface area (Å²) in [6.45, 7) is 4.29. The first-order chi connectivity index (χ1) is 18.1. The first-order valence-electron chi connectivity index (χ1n) is 12.3. The molecule has 0 aromatic heterocycles. The highest BCUT2D eigenvalue weighted by molar-refractivity contribution is 6.00. The number of β-amino-alcohol motifs (C(OH)–C–C–N with tert-alkyl or cyclic N) is 1. The van der Waals surface area contributed by atoms with Crippen LogP contribution in [0.2, 0.25) is 0 Å². The lowest BCUT2D eigenvalue weighted by atomic mass is 9.96. The van der Waals surface area contributed by atoms with Crippen molar-refractivity contribution in [3.63, 3.8) is 0 Å². The van der Waals surface area contributed by atoms with E-state index in [4.69, 9.17) is 4.74 Å². The number of fused-ring (bicyclic) bond motifs is 1. The van der Waals surface area contributed by atoms with Crippen LogP contribution in [0.3, 0.4) is 0 Å². The lowest BCUT2D eigenvalue weighted by Gasteiger charge is -2.24. The molecule has 0 fully saturated rings. The number of amides is 1. The molecule has 1 aliphatic rings. The van der Waals surface area contributed by atoms with Gasteiger partial charge in [-0.3, -0.25) is 4.79 Å². The summed E-state index contributed by atoms with van der Waals surface area (Å²) in [6, 6.07) is 17.6. The van der Waals surface area contributed by atoms with Crippen LogP contribution in [-0.2, 0) is 17.4 Å². The number of carbonyl (C=O) groups excluding carboxylic acids is 1. The molecule has 3 aromatic rings. The van der Waals surface area contributed by atoms with Gasteiger partial charge in [-0.25, -0.2) is 0 Å². The van der Waals surface area contributed by atoms with Gasteiger partial charge in [0.1, 0.15) is 5.75 Å². The number of rotatable bonds is 7. The molecule has 0 saturated heterocycles. The largest absolute Gasteiger partial charge is 0.491 e. The molecule has 1 aliphatic heterocycles. The number of hydrogen-bond donors (Lipinski definition) is 3. The van der Waals surface area contributed by atoms with Gasteiger partial charge in [0, 0.05) is 36.0 Å². The first kappa shape index (κ1) is 27.0. The molecule has 1 unspecified atom stereocenters. The van der Waals surface area contributed by atoms with E-state index >= 15 is 0 Å². The number of aliphatic hydroxyl groups is 1. The molecule has 1 amide bonds. The Balaban J connectivity index is 1.59. The Hall–Kier alpha value is -4.04. The standard InChI is InChI=1S/C30H29F3N2O3/c1-19(2)38-24-15-11-21(12-16-24)25(20-9-13-22(14-10-20)30(31,32)33)5-3-8-29(37)35-28-7-4-6-27-26(28)17-23(36)18-34-27/h3-16,19,23,34,36H,17-18H2,1-2H3,(H,35,37)/b8-3+,25-5+. The van der Waals surface area contributed by atoms with Crippen molar-refractivity contribution in [3.05, 3.63) is 107 Å². The summed E-state index contributed by atoms with van der Waals surface area (Å²) in [4.78, 5) is 12.7. The smallest absolute Gasteiger partial charge is 0.416 e. The minimum Gasteiger partial charge on any atom is -0.491 e. The molecule has 0 spiro atoms. The third kappa shape index (κ3) is 6.83. The fraction of sp³-hybridized carbons (Fsp3) is 0.233. The van der Waals surface area contributed by atoms with E-state index in [0.29, 0.717) is 35.5 Å². The number of carbonyl (C=O) groups is 1. The van der Waals surface area contributed by atoms with Gasteiger partial charge in [-0.1, -0.05) is 42.5 Å². The van der Waals surface area contributed by atoms with Crippen molar-refractivity contribution >= 4 is 22.9 Å². The topological polar surface area (TPSA) is 70.6 Å². The van der Waals surface area contributed by atoms with Crippen molar-refractivity contribution in [1.29, 1.82) is 0 Å². The molecule has 4 rings (SSSR count). The third-order valence-electron chi connectivity index (χ3n) is 5.97. The predicted molar refractivity (Wildman–Crippen MR) is 143 cm³/mol. The Morgan fingerprint density at radius 1 is 1.05 bits per heavy atom. The van der Waals surface area contributed by atoms with Gasteiger partial charge >= 0.3 is 6.18 Å². The molecule has 38 heavy (non-hydrogen) atoms. The SMILES string of the molecule is CC(C)Oc1ccc(/C(=C/C=C/C(=O)Nc2cccc3c2CC(O)CN3)c2ccc(C(F)(F)F)cc2)cc1. The molecule has 1 atom stereocenters. The van der Waals surface area contributed by atoms with E-state index in [0.717, 1.165) is 28.9 Å². The molecule has 5 nitrogen and oxygen atoms in total. The molecule has 1 heterocycles. The van der Waals surface area contributed by atoms with Crippen molar-refractivity contribution in [2.24, 2.45) is 0 Å². The van der Waals surface area contributed by atoms with Gasteiger partial charge in [0.15, 0.2) is 0 Å². The molecular weight excluding hydrogens is 493 g/mol. The van der Waals surface area contributed by atoms with E-state index in [9.17, 15) is 23.1 Å². The number of aliphatic hydroxyl groups excluding tert-OH is 1. The van der Waals surface area contributed by atoms with Gasteiger partial charge in [-0.05, 0) is 66.9 Å². The Bertz CT molecular complexity index is 1330. The van der Waals surface area contributed by atoms with Crippen LogP contribution in [0.4, 0.5) is 24.5 Å². The van der Waals surface area contributed by atoms with Crippen molar-refractivity contribution in [2.45, 2.75) is 38.7 Å². The van der Waals surface area contributed by atoms with E-state index in [-0.39, 0.29) is 12.0 Å². The highest BCUT2D eigenvalue weighted by Crippen LogP contribution is 2.32. The van der Waals surface area contributed by atoms with Gasteiger partial charge in [0.2, 0.25) is 5.91 Å². The fourth-order valence-electron chi connectivity index (χ4n) is 4.21. The second-order valence-corrected chi connectivity index (χ2v) is 9.27. The number of halogens is 3. The predicted octanol–water partition coefficient (Wildman–Crippen LogP) is 6.45. The van der Waals surface area contributed by atoms with E-state index in [1.165, 1.54) is 18.2 Å². The monoisotopic (exact) mass is 522 g/mol. The summed E-state index contributed by atoms with van der Waals surface area (Å²) in [5.41, 5.74) is 3.53. The molecule has 3 aromatic carbocycles. The Morgan fingerprint density at radius 3 is 2.34 bits per heavy atom. The van der Waals surface area contributed by atoms with E-state index < -0.39 is 17.8 Å². The average molecular weight is 523 g/mol. The van der Waals surface area contributed by atoms with Crippen LogP contribution in [-0.4, -0.2) is 29.8 Å². The summed E-state index contributed by atoms with van der Waals surface area (Å²) in [5.74, 6) is 0.304. The molecule has 0 saturated carbocycles. The van der Waals surface area contributed by atoms with E-state index in [2.05, 4.69) is 10.6 Å². The number of hydrogen-bond acceptors (Lipinski definition) is 4. The van der Waals surface area contributed by atoms with Crippen LogP contribution < -0.4 is 15.4 Å². The van der Waals surface area contributed by atoms with Crippen molar-refractivity contribution in [1.82, 2.24) is 0 Å². The summed E-state index contributed by atoms with van der Waals surface area (Å²) in [5, 5.41) is 16.0. The van der Waals surface area contributed by atoms with Crippen LogP contribution in [0.15, 0.2) is 85.0 Å². The molecular formula is C30H29F3N2O3. The van der Waals surface area contributed by atoms with Gasteiger partial charge < -0.3 is 20.5 Å². The minimum absolute atomic E-state index is 0.00138. The maximum atomic E-state index is 13.1. The molecule has 0 bridgehead atoms. The Labute approximate surface area is 219 Å².